The van der Waals surface area contributed by atoms with Crippen LogP contribution in [0, 0.1) is 12.7 Å². The van der Waals surface area contributed by atoms with Crippen LogP contribution in [-0.2, 0) is 11.2 Å². The molecule has 0 unspecified atom stereocenters. The van der Waals surface area contributed by atoms with Crippen LogP contribution in [0.5, 0.6) is 0 Å². The Balaban J connectivity index is 1.41. The minimum Gasteiger partial charge on any atom is -0.342 e. The van der Waals surface area contributed by atoms with Gasteiger partial charge >= 0.3 is 0 Å². The monoisotopic (exact) mass is 424 g/mol. The Morgan fingerprint density at radius 2 is 1.74 bits per heavy atom. The first-order valence-corrected chi connectivity index (χ1v) is 11.2. The fourth-order valence-electron chi connectivity index (χ4n) is 4.46. The number of carbonyl (C=O) groups is 2. The number of likely N-dealkylation sites (tertiary alicyclic amines) is 2. The summed E-state index contributed by atoms with van der Waals surface area (Å²) >= 11 is 0. The van der Waals surface area contributed by atoms with Gasteiger partial charge < -0.3 is 9.80 Å². The van der Waals surface area contributed by atoms with Gasteiger partial charge in [-0.3, -0.25) is 9.59 Å². The molecule has 6 nitrogen and oxygen atoms in total. The van der Waals surface area contributed by atoms with Crippen molar-refractivity contribution in [1.82, 2.24) is 19.8 Å². The molecule has 164 valence electrons. The fourth-order valence-corrected chi connectivity index (χ4v) is 4.46. The number of aryl methyl sites for hydroxylation is 1. The third-order valence-corrected chi connectivity index (χ3v) is 6.28. The number of hydrogen-bond donors (Lipinski definition) is 0. The van der Waals surface area contributed by atoms with E-state index in [-0.39, 0.29) is 30.0 Å². The number of nitrogens with zero attached hydrogens (tertiary/aromatic N) is 4. The van der Waals surface area contributed by atoms with Crippen molar-refractivity contribution in [2.45, 2.75) is 51.4 Å². The van der Waals surface area contributed by atoms with Crippen LogP contribution in [0.15, 0.2) is 30.5 Å². The van der Waals surface area contributed by atoms with Crippen LogP contribution in [0.2, 0.25) is 0 Å². The topological polar surface area (TPSA) is 66.4 Å². The molecule has 2 aliphatic rings. The summed E-state index contributed by atoms with van der Waals surface area (Å²) in [6.45, 7) is 4.74. The molecule has 0 saturated carbocycles. The van der Waals surface area contributed by atoms with Gasteiger partial charge in [-0.2, -0.15) is 0 Å². The molecule has 0 N–H and O–H groups in total. The molecular weight excluding hydrogens is 395 g/mol. The molecule has 7 heteroatoms. The van der Waals surface area contributed by atoms with Crippen molar-refractivity contribution >= 4 is 11.8 Å². The summed E-state index contributed by atoms with van der Waals surface area (Å²) in [6.07, 6.45) is 7.00. The van der Waals surface area contributed by atoms with Gasteiger partial charge in [0.15, 0.2) is 0 Å². The molecule has 1 atom stereocenters. The smallest absolute Gasteiger partial charge is 0.257 e. The highest BCUT2D eigenvalue weighted by Gasteiger charge is 2.28. The number of piperidine rings is 2. The highest BCUT2D eigenvalue weighted by Crippen LogP contribution is 2.26. The number of carbonyl (C=O) groups excluding carboxylic acids is 2. The van der Waals surface area contributed by atoms with Gasteiger partial charge in [0.05, 0.1) is 17.7 Å². The zero-order valence-electron chi connectivity index (χ0n) is 18.0. The van der Waals surface area contributed by atoms with Gasteiger partial charge in [-0.15, -0.1) is 0 Å². The van der Waals surface area contributed by atoms with Crippen molar-refractivity contribution in [2.24, 2.45) is 0 Å². The Kier molecular flexibility index (Phi) is 6.59. The number of amides is 2. The highest BCUT2D eigenvalue weighted by molar-refractivity contribution is 5.95. The second-order valence-corrected chi connectivity index (χ2v) is 8.56. The predicted molar refractivity (Wildman–Crippen MR) is 115 cm³/mol. The first-order valence-electron chi connectivity index (χ1n) is 11.2. The lowest BCUT2D eigenvalue weighted by molar-refractivity contribution is -0.131. The molecule has 1 aromatic carbocycles. The number of aromatic nitrogens is 2. The summed E-state index contributed by atoms with van der Waals surface area (Å²) in [4.78, 5) is 38.5. The molecule has 4 rings (SSSR count). The van der Waals surface area contributed by atoms with Gasteiger partial charge in [-0.1, -0.05) is 12.1 Å². The molecule has 2 saturated heterocycles. The average Bonchev–Trinajstić information content (AvgIpc) is 2.80. The van der Waals surface area contributed by atoms with E-state index in [2.05, 4.69) is 9.97 Å². The molecule has 1 aromatic heterocycles. The van der Waals surface area contributed by atoms with E-state index >= 15 is 0 Å². The lowest BCUT2D eigenvalue weighted by Gasteiger charge is -2.32. The van der Waals surface area contributed by atoms with Crippen molar-refractivity contribution < 1.29 is 14.0 Å². The first kappa shape index (κ1) is 21.4. The van der Waals surface area contributed by atoms with Crippen molar-refractivity contribution in [3.8, 4) is 0 Å². The van der Waals surface area contributed by atoms with E-state index in [0.29, 0.717) is 30.2 Å². The lowest BCUT2D eigenvalue weighted by atomic mass is 9.96. The van der Waals surface area contributed by atoms with Gasteiger partial charge in [0.1, 0.15) is 11.6 Å². The SMILES string of the molecule is Cc1nc([C@H]2CCCN(C(=O)Cc3ccc(F)cc3)C2)ncc1C(=O)N1CCCCC1. The summed E-state index contributed by atoms with van der Waals surface area (Å²) in [6, 6.07) is 6.06. The standard InChI is InChI=1S/C24H29FN4O2/c1-17-21(24(31)28-11-3-2-4-12-28)15-26-23(27-17)19-6-5-13-29(16-19)22(30)14-18-7-9-20(25)10-8-18/h7-10,15,19H,2-6,11-14,16H2,1H3/t19-/m0/s1. The van der Waals surface area contributed by atoms with Gasteiger partial charge in [-0.05, 0) is 56.7 Å². The summed E-state index contributed by atoms with van der Waals surface area (Å²) in [5.41, 5.74) is 2.09. The number of hydrogen-bond acceptors (Lipinski definition) is 4. The lowest BCUT2D eigenvalue weighted by Crippen LogP contribution is -2.40. The molecule has 2 aliphatic heterocycles. The van der Waals surface area contributed by atoms with Crippen molar-refractivity contribution in [1.29, 1.82) is 0 Å². The third-order valence-electron chi connectivity index (χ3n) is 6.28. The first-order chi connectivity index (χ1) is 15.0. The van der Waals surface area contributed by atoms with E-state index in [1.807, 2.05) is 16.7 Å². The van der Waals surface area contributed by atoms with Crippen LogP contribution < -0.4 is 0 Å². The summed E-state index contributed by atoms with van der Waals surface area (Å²) in [5.74, 6) is 0.508. The van der Waals surface area contributed by atoms with Gasteiger partial charge in [-0.25, -0.2) is 14.4 Å². The Bertz CT molecular complexity index is 941. The van der Waals surface area contributed by atoms with E-state index in [4.69, 9.17) is 0 Å². The molecule has 0 radical (unpaired) electrons. The zero-order valence-corrected chi connectivity index (χ0v) is 18.0. The van der Waals surface area contributed by atoms with E-state index < -0.39 is 0 Å². The largest absolute Gasteiger partial charge is 0.342 e. The number of benzene rings is 1. The molecular formula is C24H29FN4O2. The molecule has 0 bridgehead atoms. The summed E-state index contributed by atoms with van der Waals surface area (Å²) in [7, 11) is 0. The Labute approximate surface area is 182 Å². The number of halogens is 1. The minimum atomic E-state index is -0.302. The van der Waals surface area contributed by atoms with Crippen molar-refractivity contribution in [3.63, 3.8) is 0 Å². The molecule has 0 spiro atoms. The van der Waals surface area contributed by atoms with Gasteiger partial charge in [0.25, 0.3) is 5.91 Å². The van der Waals surface area contributed by atoms with Crippen molar-refractivity contribution in [3.05, 3.63) is 58.9 Å². The van der Waals surface area contributed by atoms with Crippen molar-refractivity contribution in [2.75, 3.05) is 26.2 Å². The van der Waals surface area contributed by atoms with Gasteiger partial charge in [0.2, 0.25) is 5.91 Å². The van der Waals surface area contributed by atoms with E-state index in [9.17, 15) is 14.0 Å². The fraction of sp³-hybridized carbons (Fsp3) is 0.500. The maximum atomic E-state index is 13.1. The van der Waals surface area contributed by atoms with Crippen LogP contribution in [0.1, 0.15) is 65.5 Å². The second kappa shape index (κ2) is 9.54. The second-order valence-electron chi connectivity index (χ2n) is 8.56. The van der Waals surface area contributed by atoms with Crippen LogP contribution in [0.25, 0.3) is 0 Å². The summed E-state index contributed by atoms with van der Waals surface area (Å²) < 4.78 is 13.1. The van der Waals surface area contributed by atoms with E-state index in [1.165, 1.54) is 18.6 Å². The minimum absolute atomic E-state index is 0.0171. The maximum Gasteiger partial charge on any atom is 0.257 e. The Hall–Kier alpha value is -2.83. The van der Waals surface area contributed by atoms with E-state index in [1.54, 1.807) is 18.3 Å². The van der Waals surface area contributed by atoms with Gasteiger partial charge in [0, 0.05) is 38.3 Å². The predicted octanol–water partition coefficient (Wildman–Crippen LogP) is 3.50. The molecule has 3 heterocycles. The molecule has 0 aliphatic carbocycles. The van der Waals surface area contributed by atoms with Crippen LogP contribution in [0.4, 0.5) is 4.39 Å². The molecule has 2 aromatic rings. The third kappa shape index (κ3) is 5.09. The van der Waals surface area contributed by atoms with E-state index in [0.717, 1.165) is 44.3 Å². The quantitative estimate of drug-likeness (QED) is 0.754. The van der Waals surface area contributed by atoms with Crippen LogP contribution in [-0.4, -0.2) is 57.8 Å². The average molecular weight is 425 g/mol. The maximum absolute atomic E-state index is 13.1. The Morgan fingerprint density at radius 1 is 1.03 bits per heavy atom. The normalized spacial score (nSPS) is 19.4. The zero-order chi connectivity index (χ0) is 21.8. The highest BCUT2D eigenvalue weighted by atomic mass is 19.1. The van der Waals surface area contributed by atoms with Crippen LogP contribution in [0.3, 0.4) is 0 Å². The van der Waals surface area contributed by atoms with Crippen LogP contribution >= 0.6 is 0 Å². The molecule has 2 amide bonds. The molecule has 31 heavy (non-hydrogen) atoms. The molecule has 2 fully saturated rings. The Morgan fingerprint density at radius 3 is 2.45 bits per heavy atom. The number of rotatable bonds is 4. The summed E-state index contributed by atoms with van der Waals surface area (Å²) in [5, 5.41) is 0.